The first-order chi connectivity index (χ1) is 8.60. The molecule has 2 N–H and O–H groups in total. The summed E-state index contributed by atoms with van der Waals surface area (Å²) in [5.74, 6) is 0.0633. The average Bonchev–Trinajstić information content (AvgIpc) is 2.31. The fourth-order valence-electron chi connectivity index (χ4n) is 1.92. The highest BCUT2D eigenvalue weighted by Crippen LogP contribution is 2.35. The van der Waals surface area contributed by atoms with Gasteiger partial charge in [-0.1, -0.05) is 6.07 Å². The summed E-state index contributed by atoms with van der Waals surface area (Å²) in [4.78, 5) is 14.8. The number of carbonyl (C=O) groups excluding carboxylic acids is 1. The predicted molar refractivity (Wildman–Crippen MR) is 73.8 cm³/mol. The molecule has 1 unspecified atom stereocenters. The number of thioether (sulfide) groups is 1. The summed E-state index contributed by atoms with van der Waals surface area (Å²) in [7, 11) is 1.96. The zero-order valence-electron chi connectivity index (χ0n) is 10.6. The van der Waals surface area contributed by atoms with Crippen LogP contribution in [0.15, 0.2) is 23.1 Å². The fraction of sp³-hybridized carbons (Fsp3) is 0.462. The third-order valence-corrected chi connectivity index (χ3v) is 4.09. The highest BCUT2D eigenvalue weighted by Gasteiger charge is 2.22. The molecule has 98 valence electrons. The molecule has 0 aliphatic carbocycles. The molecular weight excluding hydrogens is 248 g/mol. The standard InChI is InChI=1S/C13H18N2O2S/c1-9-13(17)14-11-7-10(3-4-12(11)18-9)8-15(2)5-6-16/h3-4,7,9,16H,5-6,8H2,1-2H3,(H,14,17). The summed E-state index contributed by atoms with van der Waals surface area (Å²) in [6.07, 6.45) is 0. The van der Waals surface area contributed by atoms with E-state index in [0.29, 0.717) is 6.54 Å². The largest absolute Gasteiger partial charge is 0.395 e. The van der Waals surface area contributed by atoms with E-state index in [0.717, 1.165) is 22.7 Å². The molecule has 1 aromatic carbocycles. The van der Waals surface area contributed by atoms with Crippen molar-refractivity contribution in [1.29, 1.82) is 0 Å². The van der Waals surface area contributed by atoms with Crippen molar-refractivity contribution in [2.24, 2.45) is 0 Å². The van der Waals surface area contributed by atoms with Crippen LogP contribution >= 0.6 is 11.8 Å². The number of anilines is 1. The Labute approximate surface area is 111 Å². The van der Waals surface area contributed by atoms with Gasteiger partial charge in [-0.2, -0.15) is 0 Å². The number of carbonyl (C=O) groups is 1. The first-order valence-electron chi connectivity index (χ1n) is 6.00. The smallest absolute Gasteiger partial charge is 0.237 e. The summed E-state index contributed by atoms with van der Waals surface area (Å²) >= 11 is 1.59. The number of likely N-dealkylation sites (N-methyl/N-ethyl adjacent to an activating group) is 1. The van der Waals surface area contributed by atoms with E-state index in [4.69, 9.17) is 5.11 Å². The Kier molecular flexibility index (Phi) is 4.27. The van der Waals surface area contributed by atoms with Crippen LogP contribution in [0.5, 0.6) is 0 Å². The van der Waals surface area contributed by atoms with Crippen LogP contribution in [0.4, 0.5) is 5.69 Å². The number of nitrogens with zero attached hydrogens (tertiary/aromatic N) is 1. The predicted octanol–water partition coefficient (Wildman–Crippen LogP) is 1.54. The van der Waals surface area contributed by atoms with E-state index in [9.17, 15) is 4.79 Å². The van der Waals surface area contributed by atoms with Crippen molar-refractivity contribution < 1.29 is 9.90 Å². The van der Waals surface area contributed by atoms with Crippen molar-refractivity contribution in [1.82, 2.24) is 4.90 Å². The lowest BCUT2D eigenvalue weighted by atomic mass is 10.2. The van der Waals surface area contributed by atoms with Crippen molar-refractivity contribution in [3.63, 3.8) is 0 Å². The molecule has 18 heavy (non-hydrogen) atoms. The maximum atomic E-state index is 11.6. The molecule has 1 amide bonds. The second-order valence-corrected chi connectivity index (χ2v) is 5.92. The van der Waals surface area contributed by atoms with Crippen LogP contribution in [0.3, 0.4) is 0 Å². The minimum absolute atomic E-state index is 0.0274. The topological polar surface area (TPSA) is 52.6 Å². The Morgan fingerprint density at radius 1 is 1.50 bits per heavy atom. The number of aliphatic hydroxyl groups excluding tert-OH is 1. The maximum Gasteiger partial charge on any atom is 0.237 e. The van der Waals surface area contributed by atoms with E-state index in [1.54, 1.807) is 11.8 Å². The van der Waals surface area contributed by atoms with Gasteiger partial charge in [-0.15, -0.1) is 11.8 Å². The lowest BCUT2D eigenvalue weighted by molar-refractivity contribution is -0.115. The first kappa shape index (κ1) is 13.4. The Hall–Kier alpha value is -1.04. The number of nitrogens with one attached hydrogen (secondary N) is 1. The molecule has 0 fully saturated rings. The zero-order valence-corrected chi connectivity index (χ0v) is 11.5. The van der Waals surface area contributed by atoms with Gasteiger partial charge in [-0.25, -0.2) is 0 Å². The summed E-state index contributed by atoms with van der Waals surface area (Å²) < 4.78 is 0. The van der Waals surface area contributed by atoms with Crippen molar-refractivity contribution in [2.45, 2.75) is 23.6 Å². The van der Waals surface area contributed by atoms with Crippen molar-refractivity contribution in [2.75, 3.05) is 25.5 Å². The summed E-state index contributed by atoms with van der Waals surface area (Å²) in [6, 6.07) is 6.14. The molecule has 0 radical (unpaired) electrons. The van der Waals surface area contributed by atoms with Gasteiger partial charge in [0, 0.05) is 18.0 Å². The number of hydrogen-bond donors (Lipinski definition) is 2. The van der Waals surface area contributed by atoms with Gasteiger partial charge in [0.2, 0.25) is 5.91 Å². The highest BCUT2D eigenvalue weighted by molar-refractivity contribution is 8.00. The number of benzene rings is 1. The SMILES string of the molecule is CC1Sc2ccc(CN(C)CCO)cc2NC1=O. The van der Waals surface area contributed by atoms with E-state index >= 15 is 0 Å². The third kappa shape index (κ3) is 3.04. The second kappa shape index (κ2) is 5.73. The molecule has 1 aliphatic heterocycles. The van der Waals surface area contributed by atoms with E-state index in [1.165, 1.54) is 0 Å². The molecule has 4 nitrogen and oxygen atoms in total. The van der Waals surface area contributed by atoms with Crippen LogP contribution in [0.1, 0.15) is 12.5 Å². The molecule has 5 heteroatoms. The first-order valence-corrected chi connectivity index (χ1v) is 6.88. The Morgan fingerprint density at radius 2 is 2.28 bits per heavy atom. The van der Waals surface area contributed by atoms with Crippen LogP contribution < -0.4 is 5.32 Å². The third-order valence-electron chi connectivity index (χ3n) is 2.91. The van der Waals surface area contributed by atoms with Gasteiger partial charge in [-0.05, 0) is 31.7 Å². The van der Waals surface area contributed by atoms with Gasteiger partial charge in [0.25, 0.3) is 0 Å². The summed E-state index contributed by atoms with van der Waals surface area (Å²) in [5, 5.41) is 11.8. The number of amides is 1. The summed E-state index contributed by atoms with van der Waals surface area (Å²) in [5.41, 5.74) is 2.04. The molecule has 1 aliphatic rings. The van der Waals surface area contributed by atoms with Gasteiger partial charge in [-0.3, -0.25) is 9.69 Å². The molecule has 0 saturated carbocycles. The number of hydrogen-bond acceptors (Lipinski definition) is 4. The molecule has 1 heterocycles. The van der Waals surface area contributed by atoms with Crippen molar-refractivity contribution >= 4 is 23.4 Å². The maximum absolute atomic E-state index is 11.6. The summed E-state index contributed by atoms with van der Waals surface area (Å²) in [6.45, 7) is 3.48. The molecular formula is C13H18N2O2S. The van der Waals surface area contributed by atoms with Gasteiger partial charge in [0.1, 0.15) is 0 Å². The quantitative estimate of drug-likeness (QED) is 0.868. The highest BCUT2D eigenvalue weighted by atomic mass is 32.2. The minimum atomic E-state index is -0.0274. The number of fused-ring (bicyclic) bond motifs is 1. The van der Waals surface area contributed by atoms with E-state index < -0.39 is 0 Å². The fourth-order valence-corrected chi connectivity index (χ4v) is 2.85. The molecule has 0 bridgehead atoms. The van der Waals surface area contributed by atoms with E-state index in [2.05, 4.69) is 17.4 Å². The molecule has 1 aromatic rings. The van der Waals surface area contributed by atoms with Crippen molar-refractivity contribution in [3.05, 3.63) is 23.8 Å². The van der Waals surface area contributed by atoms with Crippen LogP contribution in [-0.4, -0.2) is 41.4 Å². The molecule has 1 atom stereocenters. The lowest BCUT2D eigenvalue weighted by Gasteiger charge is -2.23. The van der Waals surface area contributed by atoms with Crippen LogP contribution in [0.2, 0.25) is 0 Å². The van der Waals surface area contributed by atoms with Crippen molar-refractivity contribution in [3.8, 4) is 0 Å². The molecule has 0 saturated heterocycles. The van der Waals surface area contributed by atoms with Crippen LogP contribution in [0.25, 0.3) is 0 Å². The number of rotatable bonds is 4. The van der Waals surface area contributed by atoms with Gasteiger partial charge < -0.3 is 10.4 Å². The number of aliphatic hydroxyl groups is 1. The normalized spacial score (nSPS) is 18.7. The van der Waals surface area contributed by atoms with Gasteiger partial charge in [0.15, 0.2) is 0 Å². The second-order valence-electron chi connectivity index (χ2n) is 4.54. The minimum Gasteiger partial charge on any atom is -0.395 e. The van der Waals surface area contributed by atoms with Crippen LogP contribution in [0, 0.1) is 0 Å². The lowest BCUT2D eigenvalue weighted by Crippen LogP contribution is -2.27. The average molecular weight is 266 g/mol. The Balaban J connectivity index is 2.12. The van der Waals surface area contributed by atoms with E-state index in [-0.39, 0.29) is 17.8 Å². The molecule has 0 spiro atoms. The Morgan fingerprint density at radius 3 is 3.00 bits per heavy atom. The molecule has 0 aromatic heterocycles. The van der Waals surface area contributed by atoms with Gasteiger partial charge in [0.05, 0.1) is 17.5 Å². The van der Waals surface area contributed by atoms with Gasteiger partial charge >= 0.3 is 0 Å². The van der Waals surface area contributed by atoms with Crippen LogP contribution in [-0.2, 0) is 11.3 Å². The molecule has 2 rings (SSSR count). The van der Waals surface area contributed by atoms with E-state index in [1.807, 2.05) is 24.9 Å². The Bertz CT molecular complexity index is 451. The monoisotopic (exact) mass is 266 g/mol. The zero-order chi connectivity index (χ0) is 13.1.